The second kappa shape index (κ2) is 8.42. The second-order valence-corrected chi connectivity index (χ2v) is 5.28. The first-order valence-corrected chi connectivity index (χ1v) is 7.26. The van der Waals surface area contributed by atoms with Crippen LogP contribution in [-0.2, 0) is 11.2 Å². The van der Waals surface area contributed by atoms with Gasteiger partial charge in [-0.1, -0.05) is 31.5 Å². The van der Waals surface area contributed by atoms with Gasteiger partial charge < -0.3 is 15.7 Å². The third kappa shape index (κ3) is 5.55. The molecule has 0 bridgehead atoms. The summed E-state index contributed by atoms with van der Waals surface area (Å²) in [5, 5.41) is 9.12. The number of carbonyl (C=O) groups is 2. The summed E-state index contributed by atoms with van der Waals surface area (Å²) in [7, 11) is 1.73. The van der Waals surface area contributed by atoms with E-state index in [4.69, 9.17) is 10.8 Å². The van der Waals surface area contributed by atoms with Gasteiger partial charge in [-0.25, -0.2) is 4.79 Å². The predicted molar refractivity (Wildman–Crippen MR) is 82.2 cm³/mol. The number of benzene rings is 1. The van der Waals surface area contributed by atoms with Crippen LogP contribution < -0.4 is 5.73 Å². The van der Waals surface area contributed by atoms with Gasteiger partial charge >= 0.3 is 5.97 Å². The zero-order chi connectivity index (χ0) is 15.8. The summed E-state index contributed by atoms with van der Waals surface area (Å²) < 4.78 is 0. The molecule has 0 aromatic heterocycles. The molecule has 21 heavy (non-hydrogen) atoms. The first-order chi connectivity index (χ1) is 9.95. The van der Waals surface area contributed by atoms with E-state index in [0.29, 0.717) is 24.9 Å². The fourth-order valence-electron chi connectivity index (χ4n) is 2.21. The zero-order valence-electron chi connectivity index (χ0n) is 12.7. The molecule has 0 saturated heterocycles. The van der Waals surface area contributed by atoms with Crippen LogP contribution in [0.25, 0.3) is 0 Å². The molecule has 0 saturated carbocycles. The van der Waals surface area contributed by atoms with Gasteiger partial charge in [0, 0.05) is 26.1 Å². The largest absolute Gasteiger partial charge is 0.478 e. The molecule has 5 nitrogen and oxygen atoms in total. The predicted octanol–water partition coefficient (Wildman–Crippen LogP) is 1.90. The van der Waals surface area contributed by atoms with Crippen molar-refractivity contribution >= 4 is 11.9 Å². The molecule has 1 atom stereocenters. The molecular weight excluding hydrogens is 268 g/mol. The van der Waals surface area contributed by atoms with Crippen molar-refractivity contribution in [2.24, 2.45) is 5.73 Å². The first-order valence-electron chi connectivity index (χ1n) is 7.26. The third-order valence-corrected chi connectivity index (χ3v) is 3.49. The lowest BCUT2D eigenvalue weighted by atomic mass is 10.0. The van der Waals surface area contributed by atoms with Crippen LogP contribution in [0, 0.1) is 0 Å². The highest BCUT2D eigenvalue weighted by molar-refractivity contribution is 5.89. The van der Waals surface area contributed by atoms with Crippen LogP contribution in [0.1, 0.15) is 42.1 Å². The fraction of sp³-hybridized carbons (Fsp3) is 0.500. The molecule has 0 aliphatic rings. The summed E-state index contributed by atoms with van der Waals surface area (Å²) >= 11 is 0. The smallest absolute Gasteiger partial charge is 0.335 e. The fourth-order valence-corrected chi connectivity index (χ4v) is 2.21. The third-order valence-electron chi connectivity index (χ3n) is 3.49. The lowest BCUT2D eigenvalue weighted by Gasteiger charge is -2.20. The van der Waals surface area contributed by atoms with E-state index in [1.807, 2.05) is 6.92 Å². The summed E-state index contributed by atoms with van der Waals surface area (Å²) in [6.07, 6.45) is 2.66. The van der Waals surface area contributed by atoms with Gasteiger partial charge in [0.25, 0.3) is 0 Å². The summed E-state index contributed by atoms with van der Waals surface area (Å²) in [5.74, 6) is -0.937. The molecule has 0 aliphatic heterocycles. The Kier molecular flexibility index (Phi) is 6.88. The highest BCUT2D eigenvalue weighted by Crippen LogP contribution is 2.10. The van der Waals surface area contributed by atoms with Gasteiger partial charge in [0.1, 0.15) is 0 Å². The Bertz CT molecular complexity index is 488. The van der Waals surface area contributed by atoms with Gasteiger partial charge in [-0.2, -0.15) is 0 Å². The molecule has 0 aliphatic carbocycles. The topological polar surface area (TPSA) is 83.6 Å². The number of hydrogen-bond acceptors (Lipinski definition) is 3. The van der Waals surface area contributed by atoms with Gasteiger partial charge in [0.15, 0.2) is 0 Å². The van der Waals surface area contributed by atoms with E-state index in [2.05, 4.69) is 0 Å². The van der Waals surface area contributed by atoms with Crippen molar-refractivity contribution in [3.8, 4) is 0 Å². The number of rotatable bonds is 8. The van der Waals surface area contributed by atoms with Gasteiger partial charge in [-0.05, 0) is 24.5 Å². The minimum atomic E-state index is -0.940. The highest BCUT2D eigenvalue weighted by Gasteiger charge is 2.14. The average Bonchev–Trinajstić information content (AvgIpc) is 2.45. The Labute approximate surface area is 125 Å². The lowest BCUT2D eigenvalue weighted by molar-refractivity contribution is -0.130. The van der Waals surface area contributed by atoms with Crippen molar-refractivity contribution in [2.75, 3.05) is 13.6 Å². The molecular formula is C16H24N2O3. The molecule has 1 amide bonds. The van der Waals surface area contributed by atoms with E-state index in [-0.39, 0.29) is 11.9 Å². The number of hydrogen-bond donors (Lipinski definition) is 2. The lowest BCUT2D eigenvalue weighted by Crippen LogP contribution is -2.34. The highest BCUT2D eigenvalue weighted by atomic mass is 16.4. The quantitative estimate of drug-likeness (QED) is 0.766. The number of aromatic carboxylic acids is 1. The Morgan fingerprint density at radius 2 is 2.00 bits per heavy atom. The van der Waals surface area contributed by atoms with E-state index < -0.39 is 5.97 Å². The van der Waals surface area contributed by atoms with Crippen molar-refractivity contribution in [2.45, 2.75) is 38.6 Å². The van der Waals surface area contributed by atoms with Crippen LogP contribution in [0.15, 0.2) is 24.3 Å². The normalized spacial score (nSPS) is 12.0. The maximum Gasteiger partial charge on any atom is 0.335 e. The van der Waals surface area contributed by atoms with Gasteiger partial charge in [0.05, 0.1) is 5.56 Å². The zero-order valence-corrected chi connectivity index (χ0v) is 12.7. The number of likely N-dealkylation sites (N-methyl/N-ethyl adjacent to an activating group) is 1. The van der Waals surface area contributed by atoms with Crippen LogP contribution in [0.5, 0.6) is 0 Å². The molecule has 0 fully saturated rings. The monoisotopic (exact) mass is 292 g/mol. The maximum absolute atomic E-state index is 12.0. The molecule has 0 radical (unpaired) electrons. The number of nitrogens with two attached hydrogens (primary N) is 1. The van der Waals surface area contributed by atoms with Crippen molar-refractivity contribution in [3.63, 3.8) is 0 Å². The van der Waals surface area contributed by atoms with Crippen LogP contribution in [0.2, 0.25) is 0 Å². The van der Waals surface area contributed by atoms with E-state index >= 15 is 0 Å². The number of nitrogens with zero attached hydrogens (tertiary/aromatic N) is 1. The van der Waals surface area contributed by atoms with E-state index in [1.165, 1.54) is 0 Å². The molecule has 1 aromatic carbocycles. The number of amides is 1. The molecule has 0 spiro atoms. The van der Waals surface area contributed by atoms with Crippen LogP contribution in [0.4, 0.5) is 0 Å². The summed E-state index contributed by atoms with van der Waals surface area (Å²) in [6, 6.07) is 6.77. The first kappa shape index (κ1) is 17.2. The molecule has 5 heteroatoms. The minimum absolute atomic E-state index is 0.00348. The van der Waals surface area contributed by atoms with Crippen molar-refractivity contribution in [3.05, 3.63) is 35.4 Å². The number of carboxylic acids is 1. The molecule has 3 N–H and O–H groups in total. The SMILES string of the molecule is CCCC(N)CC(=O)N(C)CCc1ccccc1C(=O)O. The van der Waals surface area contributed by atoms with Gasteiger partial charge in [0.2, 0.25) is 5.91 Å². The van der Waals surface area contributed by atoms with Crippen molar-refractivity contribution in [1.82, 2.24) is 4.90 Å². The minimum Gasteiger partial charge on any atom is -0.478 e. The maximum atomic E-state index is 12.0. The van der Waals surface area contributed by atoms with E-state index in [1.54, 1.807) is 36.2 Å². The Morgan fingerprint density at radius 3 is 2.62 bits per heavy atom. The van der Waals surface area contributed by atoms with Crippen LogP contribution >= 0.6 is 0 Å². The van der Waals surface area contributed by atoms with Gasteiger partial charge in [-0.15, -0.1) is 0 Å². The molecule has 1 unspecified atom stereocenters. The second-order valence-electron chi connectivity index (χ2n) is 5.28. The Balaban J connectivity index is 2.55. The standard InChI is InChI=1S/C16H24N2O3/c1-3-6-13(17)11-15(19)18(2)10-9-12-7-4-5-8-14(12)16(20)21/h4-5,7-8,13H,3,6,9-11,17H2,1-2H3,(H,20,21). The number of carboxylic acid groups (broad SMARTS) is 1. The summed E-state index contributed by atoms with van der Waals surface area (Å²) in [6.45, 7) is 2.53. The van der Waals surface area contributed by atoms with Crippen molar-refractivity contribution < 1.29 is 14.7 Å². The molecule has 0 heterocycles. The summed E-state index contributed by atoms with van der Waals surface area (Å²) in [5.41, 5.74) is 6.90. The number of carbonyl (C=O) groups excluding carboxylic acids is 1. The molecule has 116 valence electrons. The molecule has 1 aromatic rings. The van der Waals surface area contributed by atoms with Crippen molar-refractivity contribution in [1.29, 1.82) is 0 Å². The van der Waals surface area contributed by atoms with Crippen LogP contribution in [-0.4, -0.2) is 41.5 Å². The van der Waals surface area contributed by atoms with E-state index in [0.717, 1.165) is 18.4 Å². The summed E-state index contributed by atoms with van der Waals surface area (Å²) in [4.78, 5) is 24.7. The van der Waals surface area contributed by atoms with Gasteiger partial charge in [-0.3, -0.25) is 4.79 Å². The van der Waals surface area contributed by atoms with Crippen LogP contribution in [0.3, 0.4) is 0 Å². The Hall–Kier alpha value is -1.88. The Morgan fingerprint density at radius 1 is 1.33 bits per heavy atom. The average molecular weight is 292 g/mol. The van der Waals surface area contributed by atoms with E-state index in [9.17, 15) is 9.59 Å². The molecule has 1 rings (SSSR count).